The van der Waals surface area contributed by atoms with Crippen LogP contribution in [0.25, 0.3) is 5.65 Å². The fourth-order valence-electron chi connectivity index (χ4n) is 2.15. The smallest absolute Gasteiger partial charge is 0.157 e. The normalized spacial score (nSPS) is 12.8. The Morgan fingerprint density at radius 1 is 1.39 bits per heavy atom. The Balaban J connectivity index is 1.95. The summed E-state index contributed by atoms with van der Waals surface area (Å²) in [5.41, 5.74) is 6.50. The minimum atomic E-state index is 0.628. The molecule has 0 saturated heterocycles. The van der Waals surface area contributed by atoms with Crippen molar-refractivity contribution in [3.8, 4) is 0 Å². The number of anilines is 1. The quantitative estimate of drug-likeness (QED) is 0.784. The van der Waals surface area contributed by atoms with Crippen LogP contribution in [-0.4, -0.2) is 27.7 Å². The molecular formula is C13H21N5. The molecule has 1 atom stereocenters. The first-order valence-electron chi connectivity index (χ1n) is 6.57. The van der Waals surface area contributed by atoms with E-state index in [0.717, 1.165) is 31.0 Å². The maximum Gasteiger partial charge on any atom is 0.157 e. The molecule has 98 valence electrons. The number of hydrogen-bond acceptors (Lipinski definition) is 4. The van der Waals surface area contributed by atoms with E-state index in [1.54, 1.807) is 10.7 Å². The Kier molecular flexibility index (Phi) is 4.52. The Morgan fingerprint density at radius 3 is 3.06 bits per heavy atom. The van der Waals surface area contributed by atoms with Crippen LogP contribution in [0.4, 0.5) is 5.82 Å². The van der Waals surface area contributed by atoms with Crippen LogP contribution in [0, 0.1) is 5.92 Å². The lowest BCUT2D eigenvalue weighted by molar-refractivity contribution is 0.473. The first-order valence-corrected chi connectivity index (χ1v) is 6.57. The van der Waals surface area contributed by atoms with Gasteiger partial charge in [0.05, 0.1) is 6.20 Å². The molecule has 2 aromatic rings. The van der Waals surface area contributed by atoms with Crippen LogP contribution in [-0.2, 0) is 0 Å². The predicted octanol–water partition coefficient (Wildman–Crippen LogP) is 1.91. The molecule has 2 rings (SSSR count). The van der Waals surface area contributed by atoms with Crippen molar-refractivity contribution in [2.75, 3.05) is 18.4 Å². The minimum Gasteiger partial charge on any atom is -0.370 e. The molecule has 1 unspecified atom stereocenters. The van der Waals surface area contributed by atoms with Crippen LogP contribution < -0.4 is 11.1 Å². The van der Waals surface area contributed by atoms with Gasteiger partial charge in [-0.2, -0.15) is 5.10 Å². The molecule has 0 spiro atoms. The van der Waals surface area contributed by atoms with Crippen LogP contribution in [0.15, 0.2) is 24.5 Å². The van der Waals surface area contributed by atoms with Crippen molar-refractivity contribution in [3.05, 3.63) is 24.5 Å². The first kappa shape index (κ1) is 12.8. The van der Waals surface area contributed by atoms with Gasteiger partial charge in [0.25, 0.3) is 0 Å². The fourth-order valence-corrected chi connectivity index (χ4v) is 2.15. The number of rotatable bonds is 7. The number of aromatic nitrogens is 3. The number of nitrogens with two attached hydrogens (primary N) is 1. The highest BCUT2D eigenvalue weighted by Gasteiger charge is 2.07. The Hall–Kier alpha value is -1.62. The Bertz CT molecular complexity index is 473. The maximum atomic E-state index is 5.63. The molecule has 0 aromatic carbocycles. The third kappa shape index (κ3) is 3.20. The van der Waals surface area contributed by atoms with Gasteiger partial charge in [-0.3, -0.25) is 0 Å². The summed E-state index contributed by atoms with van der Waals surface area (Å²) >= 11 is 0. The topological polar surface area (TPSA) is 68.2 Å². The molecule has 3 N–H and O–H groups in total. The number of fused-ring (bicyclic) bond motifs is 1. The monoisotopic (exact) mass is 247 g/mol. The molecule has 0 aliphatic heterocycles. The summed E-state index contributed by atoms with van der Waals surface area (Å²) in [6.45, 7) is 3.89. The summed E-state index contributed by atoms with van der Waals surface area (Å²) in [5.74, 6) is 1.53. The van der Waals surface area contributed by atoms with Crippen LogP contribution in [0.2, 0.25) is 0 Å². The molecule has 5 nitrogen and oxygen atoms in total. The molecule has 0 amide bonds. The number of nitrogens with one attached hydrogen (secondary N) is 1. The summed E-state index contributed by atoms with van der Waals surface area (Å²) in [5, 5.41) is 7.51. The van der Waals surface area contributed by atoms with E-state index in [1.165, 1.54) is 12.8 Å². The van der Waals surface area contributed by atoms with Gasteiger partial charge in [-0.15, -0.1) is 0 Å². The van der Waals surface area contributed by atoms with Crippen molar-refractivity contribution in [1.29, 1.82) is 0 Å². The largest absolute Gasteiger partial charge is 0.370 e. The molecule has 0 aliphatic rings. The van der Waals surface area contributed by atoms with E-state index in [-0.39, 0.29) is 0 Å². The zero-order valence-electron chi connectivity index (χ0n) is 10.8. The van der Waals surface area contributed by atoms with E-state index in [9.17, 15) is 0 Å². The average Bonchev–Trinajstić information content (AvgIpc) is 2.84. The van der Waals surface area contributed by atoms with Crippen LogP contribution >= 0.6 is 0 Å². The predicted molar refractivity (Wildman–Crippen MR) is 73.5 cm³/mol. The second kappa shape index (κ2) is 6.35. The minimum absolute atomic E-state index is 0.628. The van der Waals surface area contributed by atoms with E-state index >= 15 is 0 Å². The lowest BCUT2D eigenvalue weighted by Crippen LogP contribution is -2.18. The summed E-state index contributed by atoms with van der Waals surface area (Å²) in [4.78, 5) is 4.49. The van der Waals surface area contributed by atoms with Gasteiger partial charge in [-0.25, -0.2) is 9.50 Å². The van der Waals surface area contributed by atoms with Gasteiger partial charge in [-0.05, 0) is 31.4 Å². The van der Waals surface area contributed by atoms with Gasteiger partial charge in [-0.1, -0.05) is 13.3 Å². The van der Waals surface area contributed by atoms with Gasteiger partial charge >= 0.3 is 0 Å². The second-order valence-corrected chi connectivity index (χ2v) is 4.56. The zero-order valence-corrected chi connectivity index (χ0v) is 10.8. The third-order valence-electron chi connectivity index (χ3n) is 3.10. The van der Waals surface area contributed by atoms with Crippen molar-refractivity contribution in [3.63, 3.8) is 0 Å². The SMILES string of the molecule is CCCC(CCN)CNc1ccn2nccc2n1. The summed E-state index contributed by atoms with van der Waals surface area (Å²) in [6.07, 6.45) is 7.14. The van der Waals surface area contributed by atoms with Crippen LogP contribution in [0.5, 0.6) is 0 Å². The average molecular weight is 247 g/mol. The lowest BCUT2D eigenvalue weighted by atomic mass is 10.00. The maximum absolute atomic E-state index is 5.63. The molecule has 2 aromatic heterocycles. The second-order valence-electron chi connectivity index (χ2n) is 4.56. The van der Waals surface area contributed by atoms with Gasteiger partial charge in [0.15, 0.2) is 5.65 Å². The van der Waals surface area contributed by atoms with Crippen molar-refractivity contribution < 1.29 is 0 Å². The lowest BCUT2D eigenvalue weighted by Gasteiger charge is -2.16. The van der Waals surface area contributed by atoms with Crippen molar-refractivity contribution >= 4 is 11.5 Å². The summed E-state index contributed by atoms with van der Waals surface area (Å²) in [7, 11) is 0. The highest BCUT2D eigenvalue weighted by atomic mass is 15.2. The number of hydrogen-bond donors (Lipinski definition) is 2. The molecule has 18 heavy (non-hydrogen) atoms. The molecule has 0 radical (unpaired) electrons. The number of nitrogens with zero attached hydrogens (tertiary/aromatic N) is 3. The van der Waals surface area contributed by atoms with Crippen molar-refractivity contribution in [1.82, 2.24) is 14.6 Å². The van der Waals surface area contributed by atoms with Gasteiger partial charge in [0.1, 0.15) is 5.82 Å². The summed E-state index contributed by atoms with van der Waals surface area (Å²) in [6, 6.07) is 3.85. The molecule has 2 heterocycles. The van der Waals surface area contributed by atoms with Crippen LogP contribution in [0.3, 0.4) is 0 Å². The van der Waals surface area contributed by atoms with Crippen molar-refractivity contribution in [2.45, 2.75) is 26.2 Å². The van der Waals surface area contributed by atoms with E-state index < -0.39 is 0 Å². The van der Waals surface area contributed by atoms with E-state index in [2.05, 4.69) is 22.3 Å². The zero-order chi connectivity index (χ0) is 12.8. The van der Waals surface area contributed by atoms with Gasteiger partial charge in [0, 0.05) is 18.8 Å². The summed E-state index contributed by atoms with van der Waals surface area (Å²) < 4.78 is 1.76. The Labute approximate surface area is 107 Å². The Morgan fingerprint density at radius 2 is 2.28 bits per heavy atom. The van der Waals surface area contributed by atoms with E-state index in [1.807, 2.05) is 18.3 Å². The van der Waals surface area contributed by atoms with Gasteiger partial charge in [0.2, 0.25) is 0 Å². The van der Waals surface area contributed by atoms with Crippen LogP contribution in [0.1, 0.15) is 26.2 Å². The standard InChI is InChI=1S/C13H21N5/c1-2-3-11(4-7-14)10-15-12-6-9-18-13(17-12)5-8-16-18/h5-6,8-9,11H,2-4,7,10,14H2,1H3,(H,15,17). The molecule has 5 heteroatoms. The van der Waals surface area contributed by atoms with E-state index in [0.29, 0.717) is 5.92 Å². The molecular weight excluding hydrogens is 226 g/mol. The molecule has 0 bridgehead atoms. The highest BCUT2D eigenvalue weighted by Crippen LogP contribution is 2.12. The first-order chi connectivity index (χ1) is 8.83. The van der Waals surface area contributed by atoms with Gasteiger partial charge < -0.3 is 11.1 Å². The van der Waals surface area contributed by atoms with E-state index in [4.69, 9.17) is 5.73 Å². The van der Waals surface area contributed by atoms with Crippen molar-refractivity contribution in [2.24, 2.45) is 11.7 Å². The molecule has 0 aliphatic carbocycles. The fraction of sp³-hybridized carbons (Fsp3) is 0.538. The third-order valence-corrected chi connectivity index (χ3v) is 3.10. The molecule has 0 saturated carbocycles. The highest BCUT2D eigenvalue weighted by molar-refractivity contribution is 5.45. The molecule has 0 fully saturated rings.